The zero-order valence-electron chi connectivity index (χ0n) is 47.1. The molecule has 4 atom stereocenters. The number of likely N-dealkylation sites (tertiary alicyclic amines) is 1. The van der Waals surface area contributed by atoms with Crippen molar-refractivity contribution in [2.24, 2.45) is 0 Å². The highest BCUT2D eigenvalue weighted by molar-refractivity contribution is 5.97. The van der Waals surface area contributed by atoms with Gasteiger partial charge in [0, 0.05) is 112 Å². The largest absolute Gasteiger partial charge is 0.496 e. The summed E-state index contributed by atoms with van der Waals surface area (Å²) in [6.07, 6.45) is 7.69. The predicted octanol–water partition coefficient (Wildman–Crippen LogP) is 9.35. The lowest BCUT2D eigenvalue weighted by Crippen LogP contribution is -2.34. The number of carbonyl (C=O) groups excluding carboxylic acids is 1. The molecular formula is C62H64F2N12O7. The Morgan fingerprint density at radius 1 is 0.663 bits per heavy atom. The first-order chi connectivity index (χ1) is 40.1. The number of anilines is 2. The topological polar surface area (TPSA) is 226 Å². The Labute approximate surface area is 479 Å². The smallest absolute Gasteiger partial charge is 0.354 e. The average molecular weight is 1130 g/mol. The normalized spacial score (nSPS) is 18.5. The number of methoxy groups -OCH3 is 2. The van der Waals surface area contributed by atoms with E-state index in [1.54, 1.807) is 55.0 Å². The molecule has 4 saturated heterocycles. The zero-order valence-corrected chi connectivity index (χ0v) is 47.1. The number of halogens is 2. The third-order valence-electron chi connectivity index (χ3n) is 15.7. The monoisotopic (exact) mass is 1130 g/mol. The third-order valence-corrected chi connectivity index (χ3v) is 15.7. The number of nitrogens with one attached hydrogen (secondary N) is 1. The number of aromatic carboxylic acids is 1. The van der Waals surface area contributed by atoms with Gasteiger partial charge in [-0.3, -0.25) is 14.8 Å². The summed E-state index contributed by atoms with van der Waals surface area (Å²) in [5, 5.41) is 32.1. The molecule has 4 aliphatic heterocycles. The van der Waals surface area contributed by atoms with E-state index in [0.717, 1.165) is 40.4 Å². The van der Waals surface area contributed by atoms with Crippen LogP contribution in [-0.2, 0) is 0 Å². The Kier molecular flexibility index (Phi) is 17.2. The number of ether oxygens (including phenoxy) is 2. The van der Waals surface area contributed by atoms with Crippen LogP contribution in [0.1, 0.15) is 57.7 Å². The number of benzene rings is 2. The second-order valence-electron chi connectivity index (χ2n) is 21.3. The van der Waals surface area contributed by atoms with E-state index >= 15 is 0 Å². The second-order valence-corrected chi connectivity index (χ2v) is 21.3. The van der Waals surface area contributed by atoms with Gasteiger partial charge in [-0.2, -0.15) is 10.5 Å². The molecule has 4 aliphatic rings. The molecule has 2 unspecified atom stereocenters. The fourth-order valence-electron chi connectivity index (χ4n) is 11.0. The minimum absolute atomic E-state index is 0.0760. The molecule has 4 fully saturated rings. The van der Waals surface area contributed by atoms with Crippen LogP contribution in [0.5, 0.6) is 11.5 Å². The number of likely N-dealkylation sites (N-methyl/N-ethyl adjacent to an activating group) is 2. The number of hydrogen-bond donors (Lipinski definition) is 2. The Hall–Kier alpha value is -9.02. The molecule has 1 amide bonds. The van der Waals surface area contributed by atoms with Crippen molar-refractivity contribution in [3.05, 3.63) is 120 Å². The van der Waals surface area contributed by atoms with Crippen LogP contribution in [0, 0.1) is 22.7 Å². The van der Waals surface area contributed by atoms with E-state index in [-0.39, 0.29) is 18.1 Å². The summed E-state index contributed by atoms with van der Waals surface area (Å²) >= 11 is 0. The van der Waals surface area contributed by atoms with Gasteiger partial charge in [0.15, 0.2) is 22.6 Å². The van der Waals surface area contributed by atoms with Gasteiger partial charge in [-0.1, -0.05) is 12.1 Å². The number of carbonyl (C=O) groups is 2. The molecule has 83 heavy (non-hydrogen) atoms. The molecule has 8 aromatic rings. The molecule has 0 aliphatic carbocycles. The molecule has 0 saturated carbocycles. The summed E-state index contributed by atoms with van der Waals surface area (Å²) < 4.78 is 50.9. The van der Waals surface area contributed by atoms with E-state index < -0.39 is 18.3 Å². The molecule has 6 aromatic heterocycles. The van der Waals surface area contributed by atoms with Gasteiger partial charge in [-0.15, -0.1) is 0 Å². The highest BCUT2D eigenvalue weighted by Gasteiger charge is 2.31. The van der Waals surface area contributed by atoms with Crippen LogP contribution < -0.4 is 24.6 Å². The van der Waals surface area contributed by atoms with Crippen molar-refractivity contribution in [3.8, 4) is 68.7 Å². The van der Waals surface area contributed by atoms with Crippen molar-refractivity contribution < 1.29 is 41.8 Å². The van der Waals surface area contributed by atoms with E-state index in [1.165, 1.54) is 46.0 Å². The fourth-order valence-corrected chi connectivity index (χ4v) is 11.0. The van der Waals surface area contributed by atoms with Crippen LogP contribution in [0.3, 0.4) is 0 Å². The number of amides is 1. The van der Waals surface area contributed by atoms with Gasteiger partial charge >= 0.3 is 5.97 Å². The maximum absolute atomic E-state index is 13.8. The SMILES string of the molecule is CN(C)[C@H]1CCNC1.COc1cc(C(=O)N2CC[C@H](N(C)C)C2)cnc1-c1cc2nccc(-c3ccc(N4CCC(F)C4)c(C#N)c3)c2o1.COc1cc(C(=O)O)ncc1-c1cc2nccc(-c3ccc(N4CCC(F)C4)c(C#N)c3)c2o1. The van der Waals surface area contributed by atoms with E-state index in [2.05, 4.69) is 61.3 Å². The number of nitrogens with zero attached hydrogens (tertiary/aromatic N) is 11. The van der Waals surface area contributed by atoms with Gasteiger partial charge in [0.05, 0.1) is 47.8 Å². The molecule has 0 radical (unpaired) electrons. The lowest BCUT2D eigenvalue weighted by molar-refractivity contribution is 0.0689. The summed E-state index contributed by atoms with van der Waals surface area (Å²) in [6.45, 7) is 5.49. The highest BCUT2D eigenvalue weighted by Crippen LogP contribution is 2.41. The maximum Gasteiger partial charge on any atom is 0.354 e. The van der Waals surface area contributed by atoms with E-state index in [0.29, 0.717) is 130 Å². The standard InChI is InChI=1S/C31H31FN6O3.C25H19FN4O4.C6H14N2/c1-36(2)23-8-11-38(18-23)31(39)21-13-27(40-3)29(35-16-21)28-14-25-30(41-28)24(6-9-34-25)19-4-5-26(20(12-19)15-33)37-10-7-22(32)17-37;1-33-22-10-20(25(31)32)29-12-18(22)23-9-19-24(34-23)17(4-6-28-19)14-2-3-21(15(8-14)11-27)30-7-5-16(26)13-30;1-8(2)6-3-4-7-5-6/h4-6,9,12-14,16,22-23H,7-8,10-11,17-18H2,1-3H3;2-4,6,8-10,12,16H,5,7,13H2,1H3,(H,31,32);6-7H,3-5H2,1-2H3/t22?,23-;;6-/m0.0/s1. The second kappa shape index (κ2) is 25.0. The summed E-state index contributed by atoms with van der Waals surface area (Å²) in [5.41, 5.74) is 8.95. The fraction of sp³-hybridized carbons (Fsp3) is 0.355. The number of pyridine rings is 4. The lowest BCUT2D eigenvalue weighted by atomic mass is 10.0. The van der Waals surface area contributed by atoms with Gasteiger partial charge in [-0.25, -0.2) is 23.5 Å². The van der Waals surface area contributed by atoms with Crippen LogP contribution in [0.15, 0.2) is 106 Å². The number of nitriles is 2. The van der Waals surface area contributed by atoms with Crippen LogP contribution in [0.25, 0.3) is 67.2 Å². The van der Waals surface area contributed by atoms with E-state index in [4.69, 9.17) is 18.3 Å². The van der Waals surface area contributed by atoms with Crippen molar-refractivity contribution in [3.63, 3.8) is 0 Å². The van der Waals surface area contributed by atoms with E-state index in [1.807, 2.05) is 59.1 Å². The Bertz CT molecular complexity index is 3770. The molecule has 10 heterocycles. The van der Waals surface area contributed by atoms with Gasteiger partial charge < -0.3 is 53.2 Å². The molecule has 21 heteroatoms. The number of furan rings is 2. The highest BCUT2D eigenvalue weighted by atomic mass is 19.1. The predicted molar refractivity (Wildman–Crippen MR) is 311 cm³/mol. The molecular weight excluding hydrogens is 1060 g/mol. The van der Waals surface area contributed by atoms with Crippen LogP contribution in [-0.4, -0.2) is 171 Å². The Balaban J connectivity index is 0.000000165. The Morgan fingerprint density at radius 2 is 1.24 bits per heavy atom. The quantitative estimate of drug-likeness (QED) is 0.116. The van der Waals surface area contributed by atoms with Crippen molar-refractivity contribution in [1.29, 1.82) is 10.5 Å². The maximum atomic E-state index is 13.8. The van der Waals surface area contributed by atoms with E-state index in [9.17, 15) is 34.0 Å². The number of alkyl halides is 2. The van der Waals surface area contributed by atoms with Crippen molar-refractivity contribution in [1.82, 2.24) is 40.0 Å². The van der Waals surface area contributed by atoms with Crippen molar-refractivity contribution in [2.75, 3.05) is 105 Å². The first kappa shape index (κ1) is 57.2. The first-order valence-electron chi connectivity index (χ1n) is 27.4. The molecule has 19 nitrogen and oxygen atoms in total. The minimum Gasteiger partial charge on any atom is -0.496 e. The third kappa shape index (κ3) is 12.3. The van der Waals surface area contributed by atoms with Crippen LogP contribution >= 0.6 is 0 Å². The number of carboxylic acids is 1. The number of rotatable bonds is 12. The summed E-state index contributed by atoms with van der Waals surface area (Å²) in [4.78, 5) is 51.9. The molecule has 2 N–H and O–H groups in total. The Morgan fingerprint density at radius 3 is 1.72 bits per heavy atom. The van der Waals surface area contributed by atoms with Gasteiger partial charge in [0.25, 0.3) is 5.91 Å². The summed E-state index contributed by atoms with van der Waals surface area (Å²) in [7, 11) is 11.3. The number of carboxylic acid groups (broad SMARTS) is 1. The molecule has 0 spiro atoms. The summed E-state index contributed by atoms with van der Waals surface area (Å²) in [5.74, 6) is 0.361. The number of fused-ring (bicyclic) bond motifs is 2. The minimum atomic E-state index is -1.16. The lowest BCUT2D eigenvalue weighted by Gasteiger charge is -2.20. The van der Waals surface area contributed by atoms with Gasteiger partial charge in [0.1, 0.15) is 58.5 Å². The van der Waals surface area contributed by atoms with Gasteiger partial charge in [0.2, 0.25) is 0 Å². The number of aromatic nitrogens is 4. The first-order valence-corrected chi connectivity index (χ1v) is 27.4. The van der Waals surface area contributed by atoms with Crippen LogP contribution in [0.4, 0.5) is 20.2 Å². The molecule has 428 valence electrons. The summed E-state index contributed by atoms with van der Waals surface area (Å²) in [6, 6.07) is 26.9. The van der Waals surface area contributed by atoms with Crippen molar-refractivity contribution in [2.45, 2.75) is 50.1 Å². The van der Waals surface area contributed by atoms with Gasteiger partial charge in [-0.05, 0) is 114 Å². The molecule has 12 rings (SSSR count). The molecule has 2 aromatic carbocycles. The van der Waals surface area contributed by atoms with Crippen LogP contribution in [0.2, 0.25) is 0 Å². The number of hydrogen-bond acceptors (Lipinski definition) is 17. The average Bonchev–Trinajstić information content (AvgIpc) is 4.32. The molecule has 0 bridgehead atoms. The zero-order chi connectivity index (χ0) is 58.5. The van der Waals surface area contributed by atoms with Crippen molar-refractivity contribution >= 4 is 45.5 Å².